The van der Waals surface area contributed by atoms with Gasteiger partial charge in [0.15, 0.2) is 0 Å². The zero-order valence-corrected chi connectivity index (χ0v) is 16.7. The molecule has 2 aromatic carbocycles. The van der Waals surface area contributed by atoms with Crippen LogP contribution in [0.4, 0.5) is 0 Å². The van der Waals surface area contributed by atoms with Crippen LogP contribution in [0.5, 0.6) is 0 Å². The molecule has 1 atom stereocenters. The van der Waals surface area contributed by atoms with Gasteiger partial charge in [-0.3, -0.25) is 4.79 Å². The molecule has 1 amide bonds. The van der Waals surface area contributed by atoms with E-state index in [1.807, 2.05) is 4.90 Å². The summed E-state index contributed by atoms with van der Waals surface area (Å²) >= 11 is 5.95. The summed E-state index contributed by atoms with van der Waals surface area (Å²) in [6.07, 6.45) is 6.13. The number of carbonyl (C=O) groups is 1. The van der Waals surface area contributed by atoms with Gasteiger partial charge in [-0.2, -0.15) is 0 Å². The Balaban J connectivity index is 1.58. The average molecular weight is 393 g/mol. The molecule has 0 unspecified atom stereocenters. The lowest BCUT2D eigenvalue weighted by Crippen LogP contribution is -2.41. The number of hydrogen-bond donors (Lipinski definition) is 1. The molecule has 0 bridgehead atoms. The lowest BCUT2D eigenvalue weighted by molar-refractivity contribution is -0.130. The lowest BCUT2D eigenvalue weighted by atomic mass is 9.90. The van der Waals surface area contributed by atoms with E-state index in [1.54, 1.807) is 0 Å². The van der Waals surface area contributed by atoms with Crippen molar-refractivity contribution in [1.82, 2.24) is 9.88 Å². The monoisotopic (exact) mass is 392 g/mol. The number of aromatic amines is 1. The quantitative estimate of drug-likeness (QED) is 0.584. The minimum Gasteiger partial charge on any atom is -0.356 e. The van der Waals surface area contributed by atoms with Crippen LogP contribution in [0.2, 0.25) is 0 Å². The maximum absolute atomic E-state index is 12.6. The zero-order valence-electron chi connectivity index (χ0n) is 16.0. The van der Waals surface area contributed by atoms with Crippen LogP contribution in [-0.2, 0) is 11.2 Å². The second-order valence-corrected chi connectivity index (χ2v) is 8.35. The number of benzene rings is 2. The fourth-order valence-corrected chi connectivity index (χ4v) is 5.30. The van der Waals surface area contributed by atoms with Crippen molar-refractivity contribution >= 4 is 28.4 Å². The van der Waals surface area contributed by atoms with E-state index in [1.165, 1.54) is 42.2 Å². The Morgan fingerprint density at radius 3 is 2.50 bits per heavy atom. The third-order valence-electron chi connectivity index (χ3n) is 6.55. The molecule has 0 spiro atoms. The largest absolute Gasteiger partial charge is 0.356 e. The van der Waals surface area contributed by atoms with Crippen molar-refractivity contribution in [3.05, 3.63) is 70.9 Å². The molecule has 1 saturated carbocycles. The van der Waals surface area contributed by atoms with Gasteiger partial charge in [0.05, 0.1) is 6.04 Å². The lowest BCUT2D eigenvalue weighted by Gasteiger charge is -2.36. The van der Waals surface area contributed by atoms with E-state index in [-0.39, 0.29) is 17.8 Å². The molecule has 1 aliphatic carbocycles. The minimum absolute atomic E-state index is 0.00385. The normalized spacial score (nSPS) is 19.9. The summed E-state index contributed by atoms with van der Waals surface area (Å²) in [5.74, 6) is 0.715. The maximum atomic E-state index is 12.6. The minimum atomic E-state index is -0.0972. The number of fused-ring (bicyclic) bond motifs is 3. The van der Waals surface area contributed by atoms with E-state index in [2.05, 4.69) is 53.5 Å². The van der Waals surface area contributed by atoms with E-state index in [0.717, 1.165) is 23.2 Å². The molecule has 0 saturated heterocycles. The number of rotatable bonds is 3. The first-order valence-electron chi connectivity index (χ1n) is 10.3. The number of para-hydroxylation sites is 1. The number of amides is 1. The van der Waals surface area contributed by atoms with Crippen LogP contribution in [0.15, 0.2) is 48.5 Å². The molecular weight excluding hydrogens is 368 g/mol. The molecule has 2 aliphatic rings. The molecule has 5 rings (SSSR count). The third kappa shape index (κ3) is 2.93. The SMILES string of the molecule is O=C(CCl)N1CCc2c([nH]c3ccccc23)[C@@H]1c1ccc(C2CCCC2)cc1. The van der Waals surface area contributed by atoms with Gasteiger partial charge in [0.1, 0.15) is 5.88 Å². The molecule has 1 N–H and O–H groups in total. The number of nitrogens with zero attached hydrogens (tertiary/aromatic N) is 1. The number of hydrogen-bond acceptors (Lipinski definition) is 1. The Morgan fingerprint density at radius 1 is 1.04 bits per heavy atom. The predicted octanol–water partition coefficient (Wildman–Crippen LogP) is 5.54. The van der Waals surface area contributed by atoms with Gasteiger partial charge in [0.25, 0.3) is 0 Å². The highest BCUT2D eigenvalue weighted by Gasteiger charge is 2.34. The molecule has 3 nitrogen and oxygen atoms in total. The Hall–Kier alpha value is -2.26. The van der Waals surface area contributed by atoms with Crippen molar-refractivity contribution < 1.29 is 4.79 Å². The van der Waals surface area contributed by atoms with E-state index in [4.69, 9.17) is 11.6 Å². The molecule has 0 radical (unpaired) electrons. The van der Waals surface area contributed by atoms with Crippen molar-refractivity contribution in [3.8, 4) is 0 Å². The van der Waals surface area contributed by atoms with Gasteiger partial charge < -0.3 is 9.88 Å². The number of aromatic nitrogens is 1. The first-order chi connectivity index (χ1) is 13.8. The van der Waals surface area contributed by atoms with Gasteiger partial charge >= 0.3 is 0 Å². The summed E-state index contributed by atoms with van der Waals surface area (Å²) in [7, 11) is 0. The highest BCUT2D eigenvalue weighted by Crippen LogP contribution is 2.40. The van der Waals surface area contributed by atoms with Crippen LogP contribution in [0.25, 0.3) is 10.9 Å². The number of carbonyl (C=O) groups excluding carboxylic acids is 1. The van der Waals surface area contributed by atoms with Gasteiger partial charge in [0.2, 0.25) is 5.91 Å². The Labute approximate surface area is 170 Å². The molecule has 3 aromatic rings. The summed E-state index contributed by atoms with van der Waals surface area (Å²) < 4.78 is 0. The fourth-order valence-electron chi connectivity index (χ4n) is 5.14. The first-order valence-corrected chi connectivity index (χ1v) is 10.8. The van der Waals surface area contributed by atoms with Crippen LogP contribution in [0.3, 0.4) is 0 Å². The highest BCUT2D eigenvalue weighted by atomic mass is 35.5. The standard InChI is InChI=1S/C24H25ClN2O/c25-15-22(28)27-14-13-20-19-7-3-4-8-21(19)26-23(20)24(27)18-11-9-17(10-12-18)16-5-1-2-6-16/h3-4,7-12,16,24,26H,1-2,5-6,13-15H2/t24-/m0/s1. The maximum Gasteiger partial charge on any atom is 0.238 e. The number of alkyl halides is 1. The number of nitrogens with one attached hydrogen (secondary N) is 1. The van der Waals surface area contributed by atoms with Crippen LogP contribution < -0.4 is 0 Å². The predicted molar refractivity (Wildman–Crippen MR) is 114 cm³/mol. The Bertz CT molecular complexity index is 1000. The van der Waals surface area contributed by atoms with Crippen molar-refractivity contribution in [2.75, 3.05) is 12.4 Å². The molecule has 144 valence electrons. The number of halogens is 1. The molecule has 1 fully saturated rings. The van der Waals surface area contributed by atoms with Gasteiger partial charge in [-0.05, 0) is 47.9 Å². The van der Waals surface area contributed by atoms with E-state index in [9.17, 15) is 4.79 Å². The second-order valence-electron chi connectivity index (χ2n) is 8.08. The summed E-state index contributed by atoms with van der Waals surface area (Å²) in [5, 5.41) is 1.27. The fraction of sp³-hybridized carbons (Fsp3) is 0.375. The van der Waals surface area contributed by atoms with Gasteiger partial charge in [0, 0.05) is 23.1 Å². The molecule has 1 aliphatic heterocycles. The summed E-state index contributed by atoms with van der Waals surface area (Å²) in [6.45, 7) is 0.704. The van der Waals surface area contributed by atoms with Crippen molar-refractivity contribution in [2.24, 2.45) is 0 Å². The van der Waals surface area contributed by atoms with E-state index < -0.39 is 0 Å². The Kier molecular flexibility index (Phi) is 4.64. The number of H-pyrrole nitrogens is 1. The Morgan fingerprint density at radius 2 is 1.75 bits per heavy atom. The highest BCUT2D eigenvalue weighted by molar-refractivity contribution is 6.27. The van der Waals surface area contributed by atoms with E-state index >= 15 is 0 Å². The smallest absolute Gasteiger partial charge is 0.238 e. The topological polar surface area (TPSA) is 36.1 Å². The third-order valence-corrected chi connectivity index (χ3v) is 6.78. The average Bonchev–Trinajstić information content (AvgIpc) is 3.40. The first kappa shape index (κ1) is 17.8. The molecule has 4 heteroatoms. The molecule has 2 heterocycles. The summed E-state index contributed by atoms with van der Waals surface area (Å²) in [4.78, 5) is 18.2. The van der Waals surface area contributed by atoms with Crippen LogP contribution >= 0.6 is 11.6 Å². The van der Waals surface area contributed by atoms with Gasteiger partial charge in [-0.25, -0.2) is 0 Å². The zero-order chi connectivity index (χ0) is 19.1. The van der Waals surface area contributed by atoms with Crippen LogP contribution in [0, 0.1) is 0 Å². The van der Waals surface area contributed by atoms with E-state index in [0.29, 0.717) is 12.5 Å². The summed E-state index contributed by atoms with van der Waals surface area (Å²) in [6, 6.07) is 17.3. The second kappa shape index (κ2) is 7.29. The van der Waals surface area contributed by atoms with Crippen molar-refractivity contribution in [1.29, 1.82) is 0 Å². The summed E-state index contributed by atoms with van der Waals surface area (Å²) in [5.41, 5.74) is 6.20. The van der Waals surface area contributed by atoms with Gasteiger partial charge in [-0.1, -0.05) is 55.3 Å². The van der Waals surface area contributed by atoms with Gasteiger partial charge in [-0.15, -0.1) is 11.6 Å². The van der Waals surface area contributed by atoms with Crippen molar-refractivity contribution in [2.45, 2.75) is 44.1 Å². The molecule has 1 aromatic heterocycles. The van der Waals surface area contributed by atoms with Crippen LogP contribution in [0.1, 0.15) is 60.0 Å². The molecule has 28 heavy (non-hydrogen) atoms. The molecular formula is C24H25ClN2O. The van der Waals surface area contributed by atoms with Crippen LogP contribution in [-0.4, -0.2) is 28.2 Å². The van der Waals surface area contributed by atoms with Crippen molar-refractivity contribution in [3.63, 3.8) is 0 Å².